The van der Waals surface area contributed by atoms with E-state index in [0.717, 1.165) is 23.2 Å². The van der Waals surface area contributed by atoms with Crippen molar-refractivity contribution in [2.24, 2.45) is 5.92 Å². The molecule has 2 N–H and O–H groups in total. The summed E-state index contributed by atoms with van der Waals surface area (Å²) >= 11 is 0. The highest BCUT2D eigenvalue weighted by atomic mass is 16.5. The maximum atomic E-state index is 12.1. The number of rotatable bonds is 5. The number of carboxylic acid groups (broad SMARTS) is 1. The molecular formula is C16H21NO4. The van der Waals surface area contributed by atoms with Crippen LogP contribution in [-0.2, 0) is 14.3 Å². The number of aryl methyl sites for hydroxylation is 2. The van der Waals surface area contributed by atoms with Crippen LogP contribution in [0.4, 0.5) is 5.69 Å². The molecule has 1 aromatic rings. The van der Waals surface area contributed by atoms with Crippen LogP contribution in [0.1, 0.15) is 30.4 Å². The Balaban J connectivity index is 2.02. The number of anilines is 1. The lowest BCUT2D eigenvalue weighted by atomic mass is 9.96. The molecule has 0 unspecified atom stereocenters. The number of nitrogens with one attached hydrogen (secondary N) is 1. The summed E-state index contributed by atoms with van der Waals surface area (Å²) in [5, 5.41) is 12.1. The van der Waals surface area contributed by atoms with Gasteiger partial charge < -0.3 is 15.2 Å². The van der Waals surface area contributed by atoms with Crippen molar-refractivity contribution in [2.75, 3.05) is 11.9 Å². The lowest BCUT2D eigenvalue weighted by Crippen LogP contribution is -2.31. The number of carboxylic acids is 1. The van der Waals surface area contributed by atoms with Crippen molar-refractivity contribution in [3.05, 3.63) is 29.3 Å². The molecule has 0 aliphatic carbocycles. The van der Waals surface area contributed by atoms with Gasteiger partial charge in [-0.25, -0.2) is 0 Å². The molecule has 0 saturated carbocycles. The molecule has 1 saturated heterocycles. The van der Waals surface area contributed by atoms with Crippen LogP contribution in [0.2, 0.25) is 0 Å². The molecule has 2 rings (SSSR count). The number of amides is 1. The number of ether oxygens (including phenoxy) is 1. The van der Waals surface area contributed by atoms with Crippen LogP contribution in [-0.4, -0.2) is 29.7 Å². The molecule has 1 amide bonds. The second-order valence-electron chi connectivity index (χ2n) is 5.57. The maximum Gasteiger partial charge on any atom is 0.309 e. The summed E-state index contributed by atoms with van der Waals surface area (Å²) in [7, 11) is 0. The standard InChI is InChI=1S/C16H21NO4/c1-10-5-6-11(2)13(8-10)17-15(18)9-12(16(19)20)14-4-3-7-21-14/h5-6,8,12,14H,3-4,7,9H2,1-2H3,(H,17,18)(H,19,20)/t12-,14-/m0/s1. The normalized spacial score (nSPS) is 19.2. The zero-order chi connectivity index (χ0) is 15.4. The fraction of sp³-hybridized carbons (Fsp3) is 0.500. The van der Waals surface area contributed by atoms with E-state index in [4.69, 9.17) is 4.74 Å². The van der Waals surface area contributed by atoms with Crippen molar-refractivity contribution in [1.29, 1.82) is 0 Å². The topological polar surface area (TPSA) is 75.6 Å². The molecule has 1 heterocycles. The Hall–Kier alpha value is -1.88. The van der Waals surface area contributed by atoms with Crippen LogP contribution in [0, 0.1) is 19.8 Å². The number of hydrogen-bond donors (Lipinski definition) is 2. The van der Waals surface area contributed by atoms with Crippen LogP contribution < -0.4 is 5.32 Å². The average Bonchev–Trinajstić information content (AvgIpc) is 2.93. The molecule has 1 aromatic carbocycles. The molecule has 0 aromatic heterocycles. The third-order valence-electron chi connectivity index (χ3n) is 3.80. The molecule has 5 nitrogen and oxygen atoms in total. The highest BCUT2D eigenvalue weighted by Crippen LogP contribution is 2.24. The fourth-order valence-corrected chi connectivity index (χ4v) is 2.57. The largest absolute Gasteiger partial charge is 0.481 e. The molecule has 21 heavy (non-hydrogen) atoms. The van der Waals surface area contributed by atoms with Crippen LogP contribution in [0.25, 0.3) is 0 Å². The molecule has 0 bridgehead atoms. The van der Waals surface area contributed by atoms with Crippen molar-refractivity contribution >= 4 is 17.6 Å². The number of carbonyl (C=O) groups is 2. The van der Waals surface area contributed by atoms with Gasteiger partial charge in [0.05, 0.1) is 12.0 Å². The fourth-order valence-electron chi connectivity index (χ4n) is 2.57. The molecule has 2 atom stereocenters. The molecule has 1 aliphatic rings. The quantitative estimate of drug-likeness (QED) is 0.874. The number of carbonyl (C=O) groups excluding carboxylic acids is 1. The van der Waals surface area contributed by atoms with Gasteiger partial charge in [-0.15, -0.1) is 0 Å². The summed E-state index contributed by atoms with van der Waals surface area (Å²) in [6.45, 7) is 4.43. The van der Waals surface area contributed by atoms with E-state index in [-0.39, 0.29) is 18.4 Å². The minimum absolute atomic E-state index is 0.0621. The molecule has 0 radical (unpaired) electrons. The number of aliphatic carboxylic acids is 1. The Labute approximate surface area is 124 Å². The Bertz CT molecular complexity index is 535. The van der Waals surface area contributed by atoms with Gasteiger partial charge in [0.15, 0.2) is 0 Å². The van der Waals surface area contributed by atoms with Crippen LogP contribution in [0.3, 0.4) is 0 Å². The van der Waals surface area contributed by atoms with Gasteiger partial charge in [-0.05, 0) is 43.9 Å². The second kappa shape index (κ2) is 6.72. The Morgan fingerprint density at radius 2 is 2.19 bits per heavy atom. The lowest BCUT2D eigenvalue weighted by molar-refractivity contribution is -0.148. The van der Waals surface area contributed by atoms with Crippen molar-refractivity contribution in [3.8, 4) is 0 Å². The minimum Gasteiger partial charge on any atom is -0.481 e. The third-order valence-corrected chi connectivity index (χ3v) is 3.80. The SMILES string of the molecule is Cc1ccc(C)c(NC(=O)C[C@H](C(=O)O)[C@@H]2CCCO2)c1. The zero-order valence-electron chi connectivity index (χ0n) is 12.4. The number of hydrogen-bond acceptors (Lipinski definition) is 3. The van der Waals surface area contributed by atoms with Gasteiger partial charge in [0, 0.05) is 18.7 Å². The number of benzene rings is 1. The molecule has 1 fully saturated rings. The first kappa shape index (κ1) is 15.5. The first-order chi connectivity index (χ1) is 9.97. The van der Waals surface area contributed by atoms with E-state index in [9.17, 15) is 14.7 Å². The van der Waals surface area contributed by atoms with Gasteiger partial charge in [0.1, 0.15) is 0 Å². The maximum absolute atomic E-state index is 12.1. The summed E-state index contributed by atoms with van der Waals surface area (Å²) in [5.74, 6) is -2.04. The van der Waals surface area contributed by atoms with Crippen LogP contribution in [0.15, 0.2) is 18.2 Å². The first-order valence-electron chi connectivity index (χ1n) is 7.19. The highest BCUT2D eigenvalue weighted by Gasteiger charge is 2.33. The van der Waals surface area contributed by atoms with Gasteiger partial charge in [0.25, 0.3) is 0 Å². The van der Waals surface area contributed by atoms with Gasteiger partial charge >= 0.3 is 5.97 Å². The predicted octanol–water partition coefficient (Wildman–Crippen LogP) is 2.51. The zero-order valence-corrected chi connectivity index (χ0v) is 12.4. The predicted molar refractivity (Wildman–Crippen MR) is 79.3 cm³/mol. The van der Waals surface area contributed by atoms with Crippen LogP contribution in [0.5, 0.6) is 0 Å². The molecule has 1 aliphatic heterocycles. The van der Waals surface area contributed by atoms with Crippen molar-refractivity contribution in [3.63, 3.8) is 0 Å². The Morgan fingerprint density at radius 3 is 2.81 bits per heavy atom. The molecular weight excluding hydrogens is 270 g/mol. The van der Waals surface area contributed by atoms with E-state index in [1.807, 2.05) is 32.0 Å². The first-order valence-corrected chi connectivity index (χ1v) is 7.19. The third kappa shape index (κ3) is 4.04. The van der Waals surface area contributed by atoms with E-state index >= 15 is 0 Å². The summed E-state index contributed by atoms with van der Waals surface area (Å²) in [4.78, 5) is 23.5. The Kier molecular flexibility index (Phi) is 4.96. The Morgan fingerprint density at radius 1 is 1.43 bits per heavy atom. The monoisotopic (exact) mass is 291 g/mol. The van der Waals surface area contributed by atoms with Crippen LogP contribution >= 0.6 is 0 Å². The van der Waals surface area contributed by atoms with E-state index in [1.165, 1.54) is 0 Å². The van der Waals surface area contributed by atoms with Crippen molar-refractivity contribution < 1.29 is 19.4 Å². The van der Waals surface area contributed by atoms with Gasteiger partial charge in [-0.2, -0.15) is 0 Å². The van der Waals surface area contributed by atoms with E-state index in [1.54, 1.807) is 0 Å². The van der Waals surface area contributed by atoms with E-state index < -0.39 is 11.9 Å². The van der Waals surface area contributed by atoms with Crippen molar-refractivity contribution in [2.45, 2.75) is 39.2 Å². The van der Waals surface area contributed by atoms with Gasteiger partial charge in [-0.3, -0.25) is 9.59 Å². The van der Waals surface area contributed by atoms with Gasteiger partial charge in [-0.1, -0.05) is 12.1 Å². The smallest absolute Gasteiger partial charge is 0.309 e. The summed E-state index contributed by atoms with van der Waals surface area (Å²) in [6.07, 6.45) is 1.14. The molecule has 0 spiro atoms. The highest BCUT2D eigenvalue weighted by molar-refractivity contribution is 5.94. The summed E-state index contributed by atoms with van der Waals surface area (Å²) in [6, 6.07) is 5.78. The van der Waals surface area contributed by atoms with E-state index in [2.05, 4.69) is 5.32 Å². The molecule has 5 heteroatoms. The summed E-state index contributed by atoms with van der Waals surface area (Å²) < 4.78 is 5.41. The molecule has 114 valence electrons. The second-order valence-corrected chi connectivity index (χ2v) is 5.57. The van der Waals surface area contributed by atoms with Gasteiger partial charge in [0.2, 0.25) is 5.91 Å². The average molecular weight is 291 g/mol. The summed E-state index contributed by atoms with van der Waals surface area (Å²) in [5.41, 5.74) is 2.74. The van der Waals surface area contributed by atoms with E-state index in [0.29, 0.717) is 13.0 Å². The lowest BCUT2D eigenvalue weighted by Gasteiger charge is -2.18. The van der Waals surface area contributed by atoms with Crippen molar-refractivity contribution in [1.82, 2.24) is 0 Å². The minimum atomic E-state index is -0.974.